The van der Waals surface area contributed by atoms with Crippen molar-refractivity contribution in [1.82, 2.24) is 9.80 Å². The number of hydrogen-bond acceptors (Lipinski definition) is 3. The summed E-state index contributed by atoms with van der Waals surface area (Å²) in [6.07, 6.45) is 0.476. The van der Waals surface area contributed by atoms with E-state index in [-0.39, 0.29) is 0 Å². The molecule has 12 heavy (non-hydrogen) atoms. The van der Waals surface area contributed by atoms with Crippen molar-refractivity contribution in [2.75, 3.05) is 39.8 Å². The smallest absolute Gasteiger partial charge is 0.0869 e. The van der Waals surface area contributed by atoms with Gasteiger partial charge in [-0.1, -0.05) is 6.92 Å². The number of hydrogen-bond donors (Lipinski definition) is 0. The number of morpholine rings is 1. The van der Waals surface area contributed by atoms with Crippen molar-refractivity contribution in [2.45, 2.75) is 19.1 Å². The number of likely N-dealkylation sites (tertiary alicyclic amines) is 1. The highest BCUT2D eigenvalue weighted by molar-refractivity contribution is 4.92. The third-order valence-corrected chi connectivity index (χ3v) is 3.01. The van der Waals surface area contributed by atoms with Gasteiger partial charge in [-0.15, -0.1) is 0 Å². The zero-order valence-corrected chi connectivity index (χ0v) is 7.99. The van der Waals surface area contributed by atoms with Crippen molar-refractivity contribution in [3.63, 3.8) is 0 Å². The minimum absolute atomic E-state index is 0.476. The topological polar surface area (TPSA) is 15.7 Å². The first kappa shape index (κ1) is 8.48. The molecule has 3 nitrogen and oxygen atoms in total. The Morgan fingerprint density at radius 2 is 2.25 bits per heavy atom. The second-order valence-corrected chi connectivity index (χ2v) is 3.83. The summed E-state index contributed by atoms with van der Waals surface area (Å²) in [5.74, 6) is 0. The molecule has 0 N–H and O–H groups in total. The summed E-state index contributed by atoms with van der Waals surface area (Å²) >= 11 is 0. The summed E-state index contributed by atoms with van der Waals surface area (Å²) in [6, 6.07) is 0.661. The molecule has 0 aromatic carbocycles. The zero-order valence-electron chi connectivity index (χ0n) is 7.99. The van der Waals surface area contributed by atoms with Crippen LogP contribution in [0.4, 0.5) is 0 Å². The maximum absolute atomic E-state index is 5.72. The van der Waals surface area contributed by atoms with Gasteiger partial charge in [0.25, 0.3) is 0 Å². The van der Waals surface area contributed by atoms with E-state index in [9.17, 15) is 0 Å². The van der Waals surface area contributed by atoms with Gasteiger partial charge in [-0.25, -0.2) is 0 Å². The SMILES string of the molecule is CCN1CCO[C@@H]2CN(C)C[C@H]21. The standard InChI is InChI=1S/C9H18N2O/c1-3-11-4-5-12-9-7-10(2)6-8(9)11/h8-9H,3-7H2,1-2H3/t8-,9-/m1/s1. The van der Waals surface area contributed by atoms with E-state index in [2.05, 4.69) is 23.8 Å². The van der Waals surface area contributed by atoms with Crippen LogP contribution >= 0.6 is 0 Å². The Morgan fingerprint density at radius 3 is 3.00 bits per heavy atom. The minimum Gasteiger partial charge on any atom is -0.374 e. The highest BCUT2D eigenvalue weighted by Crippen LogP contribution is 2.20. The normalized spacial score (nSPS) is 38.5. The van der Waals surface area contributed by atoms with Crippen LogP contribution in [-0.4, -0.2) is 61.8 Å². The highest BCUT2D eigenvalue weighted by atomic mass is 16.5. The summed E-state index contributed by atoms with van der Waals surface area (Å²) in [5.41, 5.74) is 0. The monoisotopic (exact) mass is 170 g/mol. The fraction of sp³-hybridized carbons (Fsp3) is 1.00. The molecule has 0 aromatic rings. The first-order valence-electron chi connectivity index (χ1n) is 4.85. The van der Waals surface area contributed by atoms with Crippen LogP contribution in [0.5, 0.6) is 0 Å². The van der Waals surface area contributed by atoms with E-state index < -0.39 is 0 Å². The van der Waals surface area contributed by atoms with Crippen molar-refractivity contribution in [3.05, 3.63) is 0 Å². The average molecular weight is 170 g/mol. The molecule has 2 saturated heterocycles. The Bertz CT molecular complexity index is 157. The number of nitrogens with zero attached hydrogens (tertiary/aromatic N) is 2. The first-order valence-corrected chi connectivity index (χ1v) is 4.85. The molecule has 0 amide bonds. The molecule has 2 atom stereocenters. The molecule has 0 bridgehead atoms. The lowest BCUT2D eigenvalue weighted by Crippen LogP contribution is -2.50. The second kappa shape index (κ2) is 3.32. The Balaban J connectivity index is 2.02. The molecule has 2 fully saturated rings. The fourth-order valence-electron chi connectivity index (χ4n) is 2.33. The molecule has 0 saturated carbocycles. The maximum atomic E-state index is 5.72. The molecule has 2 aliphatic heterocycles. The second-order valence-electron chi connectivity index (χ2n) is 3.83. The van der Waals surface area contributed by atoms with Gasteiger partial charge in [0.2, 0.25) is 0 Å². The van der Waals surface area contributed by atoms with Crippen molar-refractivity contribution in [3.8, 4) is 0 Å². The molecule has 70 valence electrons. The molecule has 2 rings (SSSR count). The van der Waals surface area contributed by atoms with Gasteiger partial charge in [0.05, 0.1) is 12.7 Å². The lowest BCUT2D eigenvalue weighted by atomic mass is 10.1. The Kier molecular flexibility index (Phi) is 2.35. The molecule has 3 heteroatoms. The lowest BCUT2D eigenvalue weighted by molar-refractivity contribution is -0.0449. The van der Waals surface area contributed by atoms with Gasteiger partial charge >= 0.3 is 0 Å². The van der Waals surface area contributed by atoms with E-state index in [1.807, 2.05) is 0 Å². The summed E-state index contributed by atoms with van der Waals surface area (Å²) in [7, 11) is 2.18. The number of fused-ring (bicyclic) bond motifs is 1. The summed E-state index contributed by atoms with van der Waals surface area (Å²) in [4.78, 5) is 4.90. The molecule has 0 unspecified atom stereocenters. The van der Waals surface area contributed by atoms with Crippen LogP contribution in [0.25, 0.3) is 0 Å². The van der Waals surface area contributed by atoms with Gasteiger partial charge in [-0.3, -0.25) is 4.90 Å². The van der Waals surface area contributed by atoms with Crippen LogP contribution in [-0.2, 0) is 4.74 Å². The zero-order chi connectivity index (χ0) is 8.55. The van der Waals surface area contributed by atoms with E-state index >= 15 is 0 Å². The van der Waals surface area contributed by atoms with E-state index in [1.54, 1.807) is 0 Å². The van der Waals surface area contributed by atoms with Gasteiger partial charge in [-0.05, 0) is 13.6 Å². The van der Waals surface area contributed by atoms with Crippen LogP contribution < -0.4 is 0 Å². The minimum atomic E-state index is 0.476. The van der Waals surface area contributed by atoms with Crippen molar-refractivity contribution < 1.29 is 4.74 Å². The van der Waals surface area contributed by atoms with Gasteiger partial charge < -0.3 is 9.64 Å². The van der Waals surface area contributed by atoms with Crippen molar-refractivity contribution >= 4 is 0 Å². The fourth-order valence-corrected chi connectivity index (χ4v) is 2.33. The van der Waals surface area contributed by atoms with E-state index in [0.717, 1.165) is 19.7 Å². The van der Waals surface area contributed by atoms with Crippen molar-refractivity contribution in [2.24, 2.45) is 0 Å². The quantitative estimate of drug-likeness (QED) is 0.552. The highest BCUT2D eigenvalue weighted by Gasteiger charge is 2.37. The van der Waals surface area contributed by atoms with E-state index in [1.165, 1.54) is 13.1 Å². The number of rotatable bonds is 1. The average Bonchev–Trinajstić information content (AvgIpc) is 2.44. The van der Waals surface area contributed by atoms with Gasteiger partial charge in [-0.2, -0.15) is 0 Å². The molecule has 0 aromatic heterocycles. The number of ether oxygens (including phenoxy) is 1. The number of likely N-dealkylation sites (N-methyl/N-ethyl adjacent to an activating group) is 2. The molecule has 0 spiro atoms. The van der Waals surface area contributed by atoms with E-state index in [0.29, 0.717) is 12.1 Å². The van der Waals surface area contributed by atoms with Crippen LogP contribution in [0.3, 0.4) is 0 Å². The molecular formula is C9H18N2O. The third kappa shape index (κ3) is 1.37. The summed E-state index contributed by atoms with van der Waals surface area (Å²) < 4.78 is 5.72. The van der Waals surface area contributed by atoms with Crippen LogP contribution in [0.2, 0.25) is 0 Å². The predicted octanol–water partition coefficient (Wildman–Crippen LogP) is 0.0211. The predicted molar refractivity (Wildman–Crippen MR) is 48.3 cm³/mol. The maximum Gasteiger partial charge on any atom is 0.0869 e. The molecule has 2 aliphatic rings. The van der Waals surface area contributed by atoms with Crippen LogP contribution in [0, 0.1) is 0 Å². The molecule has 0 aliphatic carbocycles. The Labute approximate surface area is 74.3 Å². The molecular weight excluding hydrogens is 152 g/mol. The van der Waals surface area contributed by atoms with Crippen LogP contribution in [0.15, 0.2) is 0 Å². The lowest BCUT2D eigenvalue weighted by Gasteiger charge is -2.36. The Hall–Kier alpha value is -0.120. The third-order valence-electron chi connectivity index (χ3n) is 3.01. The molecule has 0 radical (unpaired) electrons. The van der Waals surface area contributed by atoms with Gasteiger partial charge in [0, 0.05) is 25.7 Å². The van der Waals surface area contributed by atoms with E-state index in [4.69, 9.17) is 4.74 Å². The van der Waals surface area contributed by atoms with Gasteiger partial charge in [0.1, 0.15) is 0 Å². The summed E-state index contributed by atoms with van der Waals surface area (Å²) in [5, 5.41) is 0. The molecule has 2 heterocycles. The van der Waals surface area contributed by atoms with Crippen molar-refractivity contribution in [1.29, 1.82) is 0 Å². The summed E-state index contributed by atoms with van der Waals surface area (Å²) in [6.45, 7) is 7.73. The first-order chi connectivity index (χ1) is 5.81. The largest absolute Gasteiger partial charge is 0.374 e. The van der Waals surface area contributed by atoms with Crippen LogP contribution in [0.1, 0.15) is 6.92 Å². The Morgan fingerprint density at radius 1 is 1.42 bits per heavy atom. The van der Waals surface area contributed by atoms with Gasteiger partial charge in [0.15, 0.2) is 0 Å².